The number of benzene rings is 1. The lowest BCUT2D eigenvalue weighted by Crippen LogP contribution is -2.14. The zero-order valence-corrected chi connectivity index (χ0v) is 14.3. The Morgan fingerprint density at radius 3 is 2.52 bits per heavy atom. The zero-order chi connectivity index (χ0) is 17.1. The van der Waals surface area contributed by atoms with Crippen molar-refractivity contribution in [3.8, 4) is 11.5 Å². The molecule has 1 atom stereocenters. The molecule has 0 amide bonds. The van der Waals surface area contributed by atoms with E-state index in [1.54, 1.807) is 19.2 Å². The van der Waals surface area contributed by atoms with Gasteiger partial charge >= 0.3 is 5.97 Å². The van der Waals surface area contributed by atoms with E-state index in [0.29, 0.717) is 22.0 Å². The highest BCUT2D eigenvalue weighted by molar-refractivity contribution is 7.20. The molecule has 0 radical (unpaired) electrons. The Labute approximate surface area is 138 Å². The Kier molecular flexibility index (Phi) is 5.20. The molecule has 1 N–H and O–H groups in total. The van der Waals surface area contributed by atoms with Crippen LogP contribution in [0, 0.1) is 5.92 Å². The number of hydrogen-bond acceptors (Lipinski definition) is 6. The van der Waals surface area contributed by atoms with Gasteiger partial charge in [-0.2, -0.15) is 0 Å². The number of carbonyl (C=O) groups is 2. The Morgan fingerprint density at radius 1 is 1.26 bits per heavy atom. The second-order valence-corrected chi connectivity index (χ2v) is 6.55. The molecule has 1 unspecified atom stereocenters. The standard InChI is InChI=1S/C16H19NO5S/c1-8(2)22-13-6-10-14(7-12(13)21-4)23-15(17-10)11(18)5-9(3)16(19)20/h6-9H,5H2,1-4H3,(H,19,20). The van der Waals surface area contributed by atoms with Crippen molar-refractivity contribution in [2.45, 2.75) is 33.3 Å². The van der Waals surface area contributed by atoms with Gasteiger partial charge in [0.05, 0.1) is 29.3 Å². The molecule has 23 heavy (non-hydrogen) atoms. The molecule has 0 saturated heterocycles. The SMILES string of the molecule is COc1cc2sc(C(=O)CC(C)C(=O)O)nc2cc1OC(C)C. The van der Waals surface area contributed by atoms with E-state index in [1.807, 2.05) is 13.8 Å². The van der Waals surface area contributed by atoms with E-state index in [2.05, 4.69) is 4.98 Å². The maximum absolute atomic E-state index is 12.2. The number of hydrogen-bond donors (Lipinski definition) is 1. The van der Waals surface area contributed by atoms with Crippen LogP contribution in [0.2, 0.25) is 0 Å². The van der Waals surface area contributed by atoms with E-state index >= 15 is 0 Å². The van der Waals surface area contributed by atoms with E-state index in [9.17, 15) is 9.59 Å². The highest BCUT2D eigenvalue weighted by Crippen LogP contribution is 2.35. The molecule has 2 aromatic rings. The van der Waals surface area contributed by atoms with Crippen LogP contribution in [0.25, 0.3) is 10.2 Å². The predicted octanol–water partition coefficient (Wildman–Crippen LogP) is 3.39. The molecule has 2 rings (SSSR count). The van der Waals surface area contributed by atoms with Gasteiger partial charge in [-0.05, 0) is 13.8 Å². The maximum atomic E-state index is 12.2. The minimum Gasteiger partial charge on any atom is -0.493 e. The number of fused-ring (bicyclic) bond motifs is 1. The van der Waals surface area contributed by atoms with Crippen LogP contribution in [-0.4, -0.2) is 35.1 Å². The van der Waals surface area contributed by atoms with Crippen LogP contribution in [0.15, 0.2) is 12.1 Å². The van der Waals surface area contributed by atoms with Crippen LogP contribution in [0.1, 0.15) is 37.0 Å². The van der Waals surface area contributed by atoms with E-state index < -0.39 is 11.9 Å². The van der Waals surface area contributed by atoms with Gasteiger partial charge in [0.25, 0.3) is 0 Å². The molecule has 0 fully saturated rings. The normalized spacial score (nSPS) is 12.4. The fraction of sp³-hybridized carbons (Fsp3) is 0.438. The van der Waals surface area contributed by atoms with Crippen molar-refractivity contribution in [3.05, 3.63) is 17.1 Å². The molecule has 6 nitrogen and oxygen atoms in total. The maximum Gasteiger partial charge on any atom is 0.306 e. The van der Waals surface area contributed by atoms with Crippen molar-refractivity contribution >= 4 is 33.3 Å². The summed E-state index contributed by atoms with van der Waals surface area (Å²) in [7, 11) is 1.55. The molecule has 0 aliphatic carbocycles. The second kappa shape index (κ2) is 6.95. The molecule has 0 spiro atoms. The number of carboxylic acids is 1. The second-order valence-electron chi connectivity index (χ2n) is 5.52. The minimum atomic E-state index is -0.992. The Hall–Kier alpha value is -2.15. The third kappa shape index (κ3) is 3.98. The van der Waals surface area contributed by atoms with Crippen LogP contribution < -0.4 is 9.47 Å². The lowest BCUT2D eigenvalue weighted by molar-refractivity contribution is -0.141. The fourth-order valence-electron chi connectivity index (χ4n) is 2.01. The Bertz CT molecular complexity index is 737. The van der Waals surface area contributed by atoms with Crippen molar-refractivity contribution < 1.29 is 24.2 Å². The largest absolute Gasteiger partial charge is 0.493 e. The summed E-state index contributed by atoms with van der Waals surface area (Å²) in [5, 5.41) is 9.21. The van der Waals surface area contributed by atoms with E-state index in [-0.39, 0.29) is 18.3 Å². The summed E-state index contributed by atoms with van der Waals surface area (Å²) in [6.45, 7) is 5.32. The molecular formula is C16H19NO5S. The van der Waals surface area contributed by atoms with Crippen molar-refractivity contribution in [2.24, 2.45) is 5.92 Å². The summed E-state index contributed by atoms with van der Waals surface area (Å²) in [5.74, 6) is -0.852. The molecule has 1 aromatic carbocycles. The van der Waals surface area contributed by atoms with Crippen LogP contribution in [-0.2, 0) is 4.79 Å². The first-order valence-corrected chi connectivity index (χ1v) is 8.04. The lowest BCUT2D eigenvalue weighted by Gasteiger charge is -2.13. The smallest absolute Gasteiger partial charge is 0.306 e. The van der Waals surface area contributed by atoms with Gasteiger partial charge in [-0.1, -0.05) is 6.92 Å². The molecular weight excluding hydrogens is 318 g/mol. The Balaban J connectivity index is 2.34. The van der Waals surface area contributed by atoms with Crippen LogP contribution in [0.3, 0.4) is 0 Å². The molecule has 0 aliphatic rings. The van der Waals surface area contributed by atoms with Gasteiger partial charge in [0, 0.05) is 18.6 Å². The topological polar surface area (TPSA) is 85.7 Å². The monoisotopic (exact) mass is 337 g/mol. The number of carboxylic acid groups (broad SMARTS) is 1. The number of aliphatic carboxylic acids is 1. The molecule has 0 aliphatic heterocycles. The van der Waals surface area contributed by atoms with Crippen molar-refractivity contribution in [1.29, 1.82) is 0 Å². The van der Waals surface area contributed by atoms with Gasteiger partial charge in [-0.3, -0.25) is 9.59 Å². The Morgan fingerprint density at radius 2 is 1.96 bits per heavy atom. The van der Waals surface area contributed by atoms with Gasteiger partial charge < -0.3 is 14.6 Å². The average Bonchev–Trinajstić information content (AvgIpc) is 2.88. The van der Waals surface area contributed by atoms with E-state index in [4.69, 9.17) is 14.6 Å². The summed E-state index contributed by atoms with van der Waals surface area (Å²) in [5.41, 5.74) is 0.637. The van der Waals surface area contributed by atoms with Gasteiger partial charge in [-0.15, -0.1) is 11.3 Å². The predicted molar refractivity (Wildman–Crippen MR) is 87.7 cm³/mol. The number of ether oxygens (including phenoxy) is 2. The first-order valence-electron chi connectivity index (χ1n) is 7.23. The summed E-state index contributed by atoms with van der Waals surface area (Å²) >= 11 is 1.23. The van der Waals surface area contributed by atoms with E-state index in [1.165, 1.54) is 18.3 Å². The van der Waals surface area contributed by atoms with Gasteiger partial charge in [0.2, 0.25) is 0 Å². The molecule has 1 aromatic heterocycles. The summed E-state index contributed by atoms with van der Waals surface area (Å²) < 4.78 is 11.8. The van der Waals surface area contributed by atoms with Gasteiger partial charge in [0.1, 0.15) is 0 Å². The molecule has 124 valence electrons. The number of rotatable bonds is 7. The molecule has 0 saturated carbocycles. The fourth-order valence-corrected chi connectivity index (χ4v) is 2.94. The van der Waals surface area contributed by atoms with Gasteiger partial charge in [-0.25, -0.2) is 4.98 Å². The van der Waals surface area contributed by atoms with Crippen LogP contribution in [0.5, 0.6) is 11.5 Å². The van der Waals surface area contributed by atoms with Crippen molar-refractivity contribution in [3.63, 3.8) is 0 Å². The number of nitrogens with zero attached hydrogens (tertiary/aromatic N) is 1. The first kappa shape index (κ1) is 17.2. The quantitative estimate of drug-likeness (QED) is 0.780. The molecule has 1 heterocycles. The summed E-state index contributed by atoms with van der Waals surface area (Å²) in [6.07, 6.45) is -0.0840. The highest BCUT2D eigenvalue weighted by Gasteiger charge is 2.21. The number of ketones is 1. The number of aromatic nitrogens is 1. The number of methoxy groups -OCH3 is 1. The summed E-state index contributed by atoms with van der Waals surface area (Å²) in [4.78, 5) is 27.3. The molecule has 0 bridgehead atoms. The average molecular weight is 337 g/mol. The zero-order valence-electron chi connectivity index (χ0n) is 13.5. The third-order valence-corrected chi connectivity index (χ3v) is 4.25. The minimum absolute atomic E-state index is 0.0162. The third-order valence-electron chi connectivity index (χ3n) is 3.19. The summed E-state index contributed by atoms with van der Waals surface area (Å²) in [6, 6.07) is 3.52. The number of thiazole rings is 1. The van der Waals surface area contributed by atoms with Gasteiger partial charge in [0.15, 0.2) is 22.3 Å². The van der Waals surface area contributed by atoms with Crippen molar-refractivity contribution in [2.75, 3.05) is 7.11 Å². The van der Waals surface area contributed by atoms with Crippen molar-refractivity contribution in [1.82, 2.24) is 4.98 Å². The number of Topliss-reactive ketones (excluding diaryl/α,β-unsaturated/α-hetero) is 1. The van der Waals surface area contributed by atoms with Crippen LogP contribution >= 0.6 is 11.3 Å². The van der Waals surface area contributed by atoms with E-state index in [0.717, 1.165) is 4.70 Å². The van der Waals surface area contributed by atoms with Crippen LogP contribution in [0.4, 0.5) is 0 Å². The molecule has 7 heteroatoms. The highest BCUT2D eigenvalue weighted by atomic mass is 32.1. The first-order chi connectivity index (χ1) is 10.8. The lowest BCUT2D eigenvalue weighted by atomic mass is 10.1. The number of carbonyl (C=O) groups excluding carboxylic acids is 1.